The predicted octanol–water partition coefficient (Wildman–Crippen LogP) is 3.52. The van der Waals surface area contributed by atoms with Crippen LogP contribution in [0.4, 0.5) is 0 Å². The van der Waals surface area contributed by atoms with E-state index < -0.39 is 9.84 Å². The van der Waals surface area contributed by atoms with Gasteiger partial charge in [-0.15, -0.1) is 5.10 Å². The number of imidazole rings is 1. The van der Waals surface area contributed by atoms with E-state index in [-0.39, 0.29) is 10.6 Å². The molecule has 3 heterocycles. The molecule has 0 saturated carbocycles. The molecule has 2 aromatic carbocycles. The second-order valence-electron chi connectivity index (χ2n) is 7.97. The number of aromatic amines is 1. The number of aryl methyl sites for hydroxylation is 3. The monoisotopic (exact) mass is 489 g/mol. The quantitative estimate of drug-likeness (QED) is 0.351. The van der Waals surface area contributed by atoms with Gasteiger partial charge in [-0.2, -0.15) is 0 Å². The van der Waals surface area contributed by atoms with Crippen LogP contribution in [0.15, 0.2) is 65.7 Å². The maximum absolute atomic E-state index is 12.1. The first-order valence-corrected chi connectivity index (χ1v) is 12.7. The lowest BCUT2D eigenvalue weighted by Crippen LogP contribution is -2.04. The smallest absolute Gasteiger partial charge is 0.178 e. The molecule has 0 saturated heterocycles. The molecule has 5 aromatic rings. The third-order valence-corrected chi connectivity index (χ3v) is 7.44. The molecule has 5 rings (SSSR count). The summed E-state index contributed by atoms with van der Waals surface area (Å²) in [6.45, 7) is 1.62. The zero-order valence-corrected chi connectivity index (χ0v) is 20.0. The molecule has 0 atom stereocenters. The first-order chi connectivity index (χ1) is 16.9. The lowest BCUT2D eigenvalue weighted by Gasteiger charge is -2.12. The van der Waals surface area contributed by atoms with Gasteiger partial charge in [0.15, 0.2) is 21.5 Å². The highest BCUT2D eigenvalue weighted by molar-refractivity contribution is 7.91. The number of rotatable bonds is 8. The van der Waals surface area contributed by atoms with Crippen molar-refractivity contribution in [2.75, 3.05) is 5.75 Å². The molecule has 0 amide bonds. The van der Waals surface area contributed by atoms with Crippen LogP contribution in [-0.2, 0) is 29.7 Å². The summed E-state index contributed by atoms with van der Waals surface area (Å²) < 4.78 is 32.1. The lowest BCUT2D eigenvalue weighted by molar-refractivity contribution is 0.475. The summed E-state index contributed by atoms with van der Waals surface area (Å²) in [5, 5.41) is 11.7. The van der Waals surface area contributed by atoms with Crippen molar-refractivity contribution in [3.05, 3.63) is 72.2 Å². The summed E-state index contributed by atoms with van der Waals surface area (Å²) in [6, 6.07) is 16.0. The molecule has 0 aliphatic heterocycles. The van der Waals surface area contributed by atoms with Gasteiger partial charge in [-0.25, -0.2) is 18.1 Å². The van der Waals surface area contributed by atoms with Crippen molar-refractivity contribution in [3.8, 4) is 23.0 Å². The Morgan fingerprint density at radius 2 is 1.89 bits per heavy atom. The lowest BCUT2D eigenvalue weighted by atomic mass is 10.1. The van der Waals surface area contributed by atoms with Gasteiger partial charge in [0.2, 0.25) is 0 Å². The highest BCUT2D eigenvalue weighted by atomic mass is 32.2. The Balaban J connectivity index is 1.51. The van der Waals surface area contributed by atoms with Gasteiger partial charge in [0.25, 0.3) is 0 Å². The Kier molecular flexibility index (Phi) is 6.00. The Hall–Kier alpha value is -4.12. The molecule has 35 heavy (non-hydrogen) atoms. The number of hydrogen-bond acceptors (Lipinski definition) is 8. The van der Waals surface area contributed by atoms with Gasteiger partial charge in [0.1, 0.15) is 17.2 Å². The van der Waals surface area contributed by atoms with Crippen LogP contribution in [0.3, 0.4) is 0 Å². The van der Waals surface area contributed by atoms with Crippen LogP contribution >= 0.6 is 0 Å². The number of hydrogen-bond donors (Lipinski definition) is 1. The minimum absolute atomic E-state index is 0.0443. The van der Waals surface area contributed by atoms with Crippen molar-refractivity contribution >= 4 is 20.9 Å². The van der Waals surface area contributed by atoms with Gasteiger partial charge in [0.05, 0.1) is 21.7 Å². The van der Waals surface area contributed by atoms with Crippen LogP contribution in [-0.4, -0.2) is 49.3 Å². The SMILES string of the molecule is CCS(=O)(=O)c1ccc(Oc2cc3nc(-c4ccccn4)[nH]c3cc2CCc2nnnn2C)cc1. The highest BCUT2D eigenvalue weighted by Crippen LogP contribution is 2.32. The molecule has 11 heteroatoms. The predicted molar refractivity (Wildman–Crippen MR) is 130 cm³/mol. The van der Waals surface area contributed by atoms with Crippen LogP contribution in [0.5, 0.6) is 11.5 Å². The molecule has 3 aromatic heterocycles. The van der Waals surface area contributed by atoms with E-state index in [1.807, 2.05) is 30.3 Å². The maximum Gasteiger partial charge on any atom is 0.178 e. The van der Waals surface area contributed by atoms with Gasteiger partial charge in [0, 0.05) is 25.7 Å². The number of nitrogens with one attached hydrogen (secondary N) is 1. The number of H-pyrrole nitrogens is 1. The second-order valence-corrected chi connectivity index (χ2v) is 10.3. The van der Waals surface area contributed by atoms with E-state index in [0.717, 1.165) is 28.1 Å². The van der Waals surface area contributed by atoms with E-state index in [4.69, 9.17) is 9.72 Å². The number of aromatic nitrogens is 7. The number of nitrogens with zero attached hydrogens (tertiary/aromatic N) is 6. The Morgan fingerprint density at radius 1 is 1.06 bits per heavy atom. The summed E-state index contributed by atoms with van der Waals surface area (Å²) >= 11 is 0. The number of sulfone groups is 1. The van der Waals surface area contributed by atoms with E-state index >= 15 is 0 Å². The zero-order valence-electron chi connectivity index (χ0n) is 19.2. The summed E-state index contributed by atoms with van der Waals surface area (Å²) in [5.74, 6) is 2.61. The van der Waals surface area contributed by atoms with Crippen molar-refractivity contribution in [2.24, 2.45) is 7.05 Å². The first kappa shape index (κ1) is 22.7. The van der Waals surface area contributed by atoms with E-state index in [0.29, 0.717) is 30.2 Å². The molecule has 178 valence electrons. The molecule has 0 aliphatic carbocycles. The molecule has 0 unspecified atom stereocenters. The minimum Gasteiger partial charge on any atom is -0.457 e. The Labute approximate surface area is 201 Å². The number of tetrazole rings is 1. The van der Waals surface area contributed by atoms with Crippen molar-refractivity contribution in [2.45, 2.75) is 24.7 Å². The van der Waals surface area contributed by atoms with Crippen molar-refractivity contribution < 1.29 is 13.2 Å². The van der Waals surface area contributed by atoms with Gasteiger partial charge in [-0.1, -0.05) is 13.0 Å². The molecule has 0 aliphatic rings. The van der Waals surface area contributed by atoms with E-state index in [1.165, 1.54) is 0 Å². The van der Waals surface area contributed by atoms with Crippen molar-refractivity contribution in [1.82, 2.24) is 35.2 Å². The molecule has 0 spiro atoms. The minimum atomic E-state index is -3.28. The molecule has 10 nitrogen and oxygen atoms in total. The highest BCUT2D eigenvalue weighted by Gasteiger charge is 2.15. The van der Waals surface area contributed by atoms with Crippen LogP contribution < -0.4 is 4.74 Å². The second kappa shape index (κ2) is 9.26. The van der Waals surface area contributed by atoms with Gasteiger partial charge < -0.3 is 9.72 Å². The third kappa shape index (κ3) is 4.76. The molecule has 1 N–H and O–H groups in total. The van der Waals surface area contributed by atoms with Crippen LogP contribution in [0.1, 0.15) is 18.3 Å². The average Bonchev–Trinajstić information content (AvgIpc) is 3.48. The molecular formula is C24H23N7O3S. The zero-order chi connectivity index (χ0) is 24.4. The third-order valence-electron chi connectivity index (χ3n) is 5.69. The van der Waals surface area contributed by atoms with E-state index in [1.54, 1.807) is 49.1 Å². The summed E-state index contributed by atoms with van der Waals surface area (Å²) in [4.78, 5) is 12.7. The fourth-order valence-electron chi connectivity index (χ4n) is 3.71. The van der Waals surface area contributed by atoms with Gasteiger partial charge >= 0.3 is 0 Å². The van der Waals surface area contributed by atoms with Crippen LogP contribution in [0, 0.1) is 0 Å². The van der Waals surface area contributed by atoms with Gasteiger partial charge in [-0.05, 0) is 64.9 Å². The fourth-order valence-corrected chi connectivity index (χ4v) is 4.60. The van der Waals surface area contributed by atoms with Crippen LogP contribution in [0.2, 0.25) is 0 Å². The number of ether oxygens (including phenoxy) is 1. The van der Waals surface area contributed by atoms with Crippen molar-refractivity contribution in [1.29, 1.82) is 0 Å². The average molecular weight is 490 g/mol. The largest absolute Gasteiger partial charge is 0.457 e. The summed E-state index contributed by atoms with van der Waals surface area (Å²) in [7, 11) is -1.48. The standard InChI is InChI=1S/C24H23N7O3S/c1-3-35(32,33)18-10-8-17(9-11-18)34-22-15-21-20(26-24(27-21)19-6-4-5-13-25-19)14-16(22)7-12-23-28-29-30-31(23)2/h4-6,8-11,13-15H,3,7,12H2,1-2H3,(H,26,27). The summed E-state index contributed by atoms with van der Waals surface area (Å²) in [6.07, 6.45) is 2.96. The molecule has 0 fully saturated rings. The van der Waals surface area contributed by atoms with E-state index in [2.05, 4.69) is 25.5 Å². The maximum atomic E-state index is 12.1. The molecular weight excluding hydrogens is 466 g/mol. The number of benzene rings is 2. The van der Waals surface area contributed by atoms with E-state index in [9.17, 15) is 8.42 Å². The van der Waals surface area contributed by atoms with Crippen molar-refractivity contribution in [3.63, 3.8) is 0 Å². The number of pyridine rings is 1. The molecule has 0 bridgehead atoms. The fraction of sp³-hybridized carbons (Fsp3) is 0.208. The van der Waals surface area contributed by atoms with Gasteiger partial charge in [-0.3, -0.25) is 4.98 Å². The Bertz CT molecular complexity index is 1580. The summed E-state index contributed by atoms with van der Waals surface area (Å²) in [5.41, 5.74) is 3.26. The first-order valence-electron chi connectivity index (χ1n) is 11.1. The van der Waals surface area contributed by atoms with Crippen LogP contribution in [0.25, 0.3) is 22.6 Å². The Morgan fingerprint density at radius 3 is 2.57 bits per heavy atom. The normalized spacial score (nSPS) is 11.7. The number of fused-ring (bicyclic) bond motifs is 1. The topological polar surface area (TPSA) is 129 Å². The molecule has 0 radical (unpaired) electrons.